The Morgan fingerprint density at radius 1 is 1.00 bits per heavy atom. The molecule has 0 bridgehead atoms. The maximum absolute atomic E-state index is 2.35. The van der Waals surface area contributed by atoms with E-state index in [9.17, 15) is 0 Å². The first kappa shape index (κ1) is 12.6. The fourth-order valence-electron chi connectivity index (χ4n) is 1.51. The van der Waals surface area contributed by atoms with Gasteiger partial charge < -0.3 is 0 Å². The van der Waals surface area contributed by atoms with Gasteiger partial charge in [-0.25, -0.2) is 0 Å². The molecule has 1 rings (SSSR count). The van der Waals surface area contributed by atoms with E-state index in [0.29, 0.717) is 5.92 Å². The number of rotatable bonds is 0. The smallest absolute Gasteiger partial charge is 0.0116 e. The average molecular weight is 222 g/mol. The molecule has 0 spiro atoms. The molecule has 0 nitrogen and oxygen atoms in total. The molecule has 0 aromatic carbocycles. The van der Waals surface area contributed by atoms with Gasteiger partial charge in [0.25, 0.3) is 0 Å². The van der Waals surface area contributed by atoms with Crippen molar-refractivity contribution >= 4 is 11.8 Å². The molecule has 0 amide bonds. The molecule has 2 atom stereocenters. The van der Waals surface area contributed by atoms with E-state index in [-0.39, 0.29) is 0 Å². The summed E-state index contributed by atoms with van der Waals surface area (Å²) in [5.41, 5.74) is 0. The van der Waals surface area contributed by atoms with Crippen LogP contribution in [0, 0.1) is 11.8 Å². The summed E-state index contributed by atoms with van der Waals surface area (Å²) in [5.74, 6) is 3.89. The van der Waals surface area contributed by atoms with Crippen LogP contribution in [0.1, 0.15) is 26.7 Å². The Morgan fingerprint density at radius 3 is 2.67 bits per heavy atom. The highest BCUT2D eigenvalue weighted by atomic mass is 32.2. The maximum Gasteiger partial charge on any atom is 0.0116 e. The van der Waals surface area contributed by atoms with Gasteiger partial charge >= 0.3 is 0 Å². The average Bonchev–Trinajstić information content (AvgIpc) is 2.23. The predicted molar refractivity (Wildman–Crippen MR) is 72.3 cm³/mol. The van der Waals surface area contributed by atoms with Crippen molar-refractivity contribution in [2.75, 3.05) is 11.5 Å². The molecule has 2 unspecified atom stereocenters. The Hall–Kier alpha value is -0.430. The lowest BCUT2D eigenvalue weighted by Gasteiger charge is -2.06. The van der Waals surface area contributed by atoms with Gasteiger partial charge in [-0.1, -0.05) is 50.3 Å². The fraction of sp³-hybridized carbons (Fsp3) is 0.571. The van der Waals surface area contributed by atoms with E-state index in [2.05, 4.69) is 50.3 Å². The molecule has 1 aliphatic rings. The van der Waals surface area contributed by atoms with Gasteiger partial charge in [-0.3, -0.25) is 0 Å². The topological polar surface area (TPSA) is 0 Å². The Morgan fingerprint density at radius 2 is 1.80 bits per heavy atom. The molecule has 1 aliphatic heterocycles. The van der Waals surface area contributed by atoms with Crippen LogP contribution in [0.15, 0.2) is 36.5 Å². The van der Waals surface area contributed by atoms with Gasteiger partial charge in [-0.2, -0.15) is 11.8 Å². The van der Waals surface area contributed by atoms with Gasteiger partial charge in [0.05, 0.1) is 0 Å². The standard InChI is InChI=1S/C14H22S/c1-13-8-4-3-7-11-15-12-14(2)10-6-5-9-13/h3-8,13-14H,9-12H2,1-2H3. The van der Waals surface area contributed by atoms with Gasteiger partial charge in [0, 0.05) is 5.75 Å². The molecule has 15 heavy (non-hydrogen) atoms. The van der Waals surface area contributed by atoms with E-state index in [1.807, 2.05) is 11.8 Å². The van der Waals surface area contributed by atoms with Crippen molar-refractivity contribution in [2.24, 2.45) is 11.8 Å². The minimum Gasteiger partial charge on any atom is -0.158 e. The second-order valence-electron chi connectivity index (χ2n) is 4.38. The third-order valence-electron chi connectivity index (χ3n) is 2.52. The molecule has 0 radical (unpaired) electrons. The van der Waals surface area contributed by atoms with Crippen LogP contribution in [0.5, 0.6) is 0 Å². The lowest BCUT2D eigenvalue weighted by atomic mass is 10.1. The highest BCUT2D eigenvalue weighted by Gasteiger charge is 1.99. The number of hydrogen-bond acceptors (Lipinski definition) is 1. The summed E-state index contributed by atoms with van der Waals surface area (Å²) in [6.45, 7) is 4.61. The van der Waals surface area contributed by atoms with Crippen LogP contribution in [0.4, 0.5) is 0 Å². The summed E-state index contributed by atoms with van der Waals surface area (Å²) < 4.78 is 0. The molecule has 0 aromatic heterocycles. The number of allylic oxidation sites excluding steroid dienone is 5. The maximum atomic E-state index is 2.35. The first-order chi connectivity index (χ1) is 7.29. The highest BCUT2D eigenvalue weighted by Crippen LogP contribution is 2.14. The van der Waals surface area contributed by atoms with Gasteiger partial charge in [0.1, 0.15) is 0 Å². The molecule has 0 N–H and O–H groups in total. The summed E-state index contributed by atoms with van der Waals surface area (Å²) in [4.78, 5) is 0. The molecular formula is C14H22S. The van der Waals surface area contributed by atoms with E-state index >= 15 is 0 Å². The van der Waals surface area contributed by atoms with E-state index in [1.165, 1.54) is 18.6 Å². The molecular weight excluding hydrogens is 200 g/mol. The summed E-state index contributed by atoms with van der Waals surface area (Å²) in [6, 6.07) is 0. The summed E-state index contributed by atoms with van der Waals surface area (Å²) in [7, 11) is 0. The van der Waals surface area contributed by atoms with Crippen LogP contribution < -0.4 is 0 Å². The molecule has 0 saturated carbocycles. The van der Waals surface area contributed by atoms with Crippen LogP contribution in [0.3, 0.4) is 0 Å². The first-order valence-electron chi connectivity index (χ1n) is 5.85. The second-order valence-corrected chi connectivity index (χ2v) is 5.45. The third-order valence-corrected chi connectivity index (χ3v) is 3.75. The quantitative estimate of drug-likeness (QED) is 0.545. The fourth-order valence-corrected chi connectivity index (χ4v) is 2.43. The molecule has 1 heteroatoms. The minimum atomic E-state index is 0.662. The Balaban J connectivity index is 2.48. The number of thioether (sulfide) groups is 1. The predicted octanol–water partition coefficient (Wildman–Crippen LogP) is 4.45. The molecule has 0 aliphatic carbocycles. The van der Waals surface area contributed by atoms with E-state index < -0.39 is 0 Å². The monoisotopic (exact) mass is 222 g/mol. The SMILES string of the molecule is CC1C=CC=CCSCC(C)CC=CC1. The Labute approximate surface area is 98.5 Å². The zero-order chi connectivity index (χ0) is 10.9. The van der Waals surface area contributed by atoms with Crippen LogP contribution in [0.25, 0.3) is 0 Å². The zero-order valence-corrected chi connectivity index (χ0v) is 10.7. The molecule has 0 aromatic rings. The largest absolute Gasteiger partial charge is 0.158 e. The third kappa shape index (κ3) is 6.62. The van der Waals surface area contributed by atoms with E-state index in [0.717, 1.165) is 11.7 Å². The molecule has 0 fully saturated rings. The van der Waals surface area contributed by atoms with Crippen LogP contribution in [0.2, 0.25) is 0 Å². The summed E-state index contributed by atoms with van der Waals surface area (Å²) >= 11 is 2.03. The van der Waals surface area contributed by atoms with Gasteiger partial charge in [0.15, 0.2) is 0 Å². The van der Waals surface area contributed by atoms with Crippen molar-refractivity contribution in [3.63, 3.8) is 0 Å². The normalized spacial score (nSPS) is 29.2. The molecule has 0 saturated heterocycles. The van der Waals surface area contributed by atoms with Crippen molar-refractivity contribution in [2.45, 2.75) is 26.7 Å². The first-order valence-corrected chi connectivity index (χ1v) is 7.00. The van der Waals surface area contributed by atoms with Crippen molar-refractivity contribution in [3.8, 4) is 0 Å². The molecule has 1 heterocycles. The minimum absolute atomic E-state index is 0.662. The van der Waals surface area contributed by atoms with Crippen LogP contribution in [-0.4, -0.2) is 11.5 Å². The van der Waals surface area contributed by atoms with Crippen molar-refractivity contribution < 1.29 is 0 Å². The van der Waals surface area contributed by atoms with Crippen molar-refractivity contribution in [3.05, 3.63) is 36.5 Å². The second kappa shape index (κ2) is 7.81. The summed E-state index contributed by atoms with van der Waals surface area (Å²) in [5, 5.41) is 0. The molecule has 84 valence electrons. The number of hydrogen-bond donors (Lipinski definition) is 0. The van der Waals surface area contributed by atoms with Gasteiger partial charge in [-0.15, -0.1) is 0 Å². The van der Waals surface area contributed by atoms with Crippen molar-refractivity contribution in [1.29, 1.82) is 0 Å². The lowest BCUT2D eigenvalue weighted by molar-refractivity contribution is 0.670. The Kier molecular flexibility index (Phi) is 6.58. The highest BCUT2D eigenvalue weighted by molar-refractivity contribution is 7.99. The van der Waals surface area contributed by atoms with Crippen LogP contribution >= 0.6 is 11.8 Å². The lowest BCUT2D eigenvalue weighted by Crippen LogP contribution is -1.96. The van der Waals surface area contributed by atoms with Crippen LogP contribution in [-0.2, 0) is 0 Å². The van der Waals surface area contributed by atoms with E-state index in [1.54, 1.807) is 0 Å². The zero-order valence-electron chi connectivity index (χ0n) is 9.86. The van der Waals surface area contributed by atoms with Gasteiger partial charge in [-0.05, 0) is 30.4 Å². The van der Waals surface area contributed by atoms with Crippen molar-refractivity contribution in [1.82, 2.24) is 0 Å². The van der Waals surface area contributed by atoms with E-state index in [4.69, 9.17) is 0 Å². The Bertz CT molecular complexity index is 238. The van der Waals surface area contributed by atoms with Gasteiger partial charge in [0.2, 0.25) is 0 Å². The summed E-state index contributed by atoms with van der Waals surface area (Å²) in [6.07, 6.45) is 16.0.